The first kappa shape index (κ1) is 10.6. The van der Waals surface area contributed by atoms with Gasteiger partial charge in [-0.25, -0.2) is 0 Å². The van der Waals surface area contributed by atoms with E-state index in [0.29, 0.717) is 0 Å². The van der Waals surface area contributed by atoms with Crippen LogP contribution in [0.4, 0.5) is 0 Å². The van der Waals surface area contributed by atoms with Crippen molar-refractivity contribution in [3.63, 3.8) is 0 Å². The zero-order chi connectivity index (χ0) is 10.0. The Morgan fingerprint density at radius 1 is 1.62 bits per heavy atom. The van der Waals surface area contributed by atoms with E-state index in [1.165, 1.54) is 14.0 Å². The lowest BCUT2D eigenvalue weighted by atomic mass is 10.0. The molecule has 1 fully saturated rings. The van der Waals surface area contributed by atoms with Crippen molar-refractivity contribution in [2.24, 2.45) is 0 Å². The Morgan fingerprint density at radius 2 is 2.23 bits per heavy atom. The molecule has 5 nitrogen and oxygen atoms in total. The third kappa shape index (κ3) is 2.05. The predicted molar refractivity (Wildman–Crippen MR) is 43.2 cm³/mol. The normalized spacial score (nSPS) is 36.2. The summed E-state index contributed by atoms with van der Waals surface area (Å²) in [6.45, 7) is 1.40. The van der Waals surface area contributed by atoms with Crippen molar-refractivity contribution < 1.29 is 24.5 Å². The Morgan fingerprint density at radius 3 is 2.54 bits per heavy atom. The van der Waals surface area contributed by atoms with Gasteiger partial charge in [0.2, 0.25) is 0 Å². The molecular weight excluding hydrogens is 176 g/mol. The molecule has 0 amide bonds. The maximum absolute atomic E-state index is 11.0. The average molecular weight is 190 g/mol. The molecule has 5 heteroatoms. The van der Waals surface area contributed by atoms with Gasteiger partial charge in [0, 0.05) is 7.11 Å². The van der Waals surface area contributed by atoms with Crippen molar-refractivity contribution in [3.8, 4) is 0 Å². The summed E-state index contributed by atoms with van der Waals surface area (Å²) in [4.78, 5) is 11.0. The van der Waals surface area contributed by atoms with E-state index in [0.717, 1.165) is 0 Å². The number of aliphatic hydroxyl groups is 2. The molecule has 13 heavy (non-hydrogen) atoms. The van der Waals surface area contributed by atoms with Crippen molar-refractivity contribution in [2.45, 2.75) is 31.3 Å². The van der Waals surface area contributed by atoms with Gasteiger partial charge < -0.3 is 19.7 Å². The minimum absolute atomic E-state index is 0.0406. The number of rotatable bonds is 3. The van der Waals surface area contributed by atoms with Gasteiger partial charge in [0.15, 0.2) is 5.78 Å². The van der Waals surface area contributed by atoms with Crippen LogP contribution in [0.15, 0.2) is 0 Å². The van der Waals surface area contributed by atoms with Crippen molar-refractivity contribution in [3.05, 3.63) is 0 Å². The molecule has 0 spiro atoms. The number of ketones is 1. The number of aliphatic hydroxyl groups excluding tert-OH is 2. The van der Waals surface area contributed by atoms with Gasteiger partial charge in [-0.15, -0.1) is 0 Å². The first-order chi connectivity index (χ1) is 6.07. The minimum atomic E-state index is -1.05. The van der Waals surface area contributed by atoms with Crippen LogP contribution in [0.25, 0.3) is 0 Å². The number of hydrogen-bond acceptors (Lipinski definition) is 5. The third-order valence-corrected chi connectivity index (χ3v) is 2.14. The number of hydrogen-bond donors (Lipinski definition) is 2. The van der Waals surface area contributed by atoms with Gasteiger partial charge in [0.25, 0.3) is 0 Å². The molecule has 0 aromatic rings. The Balaban J connectivity index is 2.65. The highest BCUT2D eigenvalue weighted by Crippen LogP contribution is 2.19. The molecular formula is C8H14O5. The highest BCUT2D eigenvalue weighted by Gasteiger charge is 2.41. The summed E-state index contributed by atoms with van der Waals surface area (Å²) in [7, 11) is 1.37. The molecule has 0 aliphatic carbocycles. The molecule has 1 heterocycles. The van der Waals surface area contributed by atoms with E-state index in [-0.39, 0.29) is 12.4 Å². The fraction of sp³-hybridized carbons (Fsp3) is 0.875. The number of carbonyl (C=O) groups is 1. The highest BCUT2D eigenvalue weighted by atomic mass is 16.6. The zero-order valence-corrected chi connectivity index (χ0v) is 7.64. The van der Waals surface area contributed by atoms with Crippen LogP contribution >= 0.6 is 0 Å². The number of ether oxygens (including phenoxy) is 2. The lowest BCUT2D eigenvalue weighted by molar-refractivity contribution is -0.138. The van der Waals surface area contributed by atoms with E-state index in [4.69, 9.17) is 14.6 Å². The summed E-state index contributed by atoms with van der Waals surface area (Å²) in [5.41, 5.74) is 0. The van der Waals surface area contributed by atoms with Crippen molar-refractivity contribution in [1.82, 2.24) is 0 Å². The molecule has 1 saturated heterocycles. The van der Waals surface area contributed by atoms with Gasteiger partial charge in [-0.2, -0.15) is 0 Å². The molecule has 2 N–H and O–H groups in total. The fourth-order valence-electron chi connectivity index (χ4n) is 1.42. The second-order valence-corrected chi connectivity index (χ2v) is 3.12. The summed E-state index contributed by atoms with van der Waals surface area (Å²) in [6, 6.07) is 0. The largest absolute Gasteiger partial charge is 0.388 e. The summed E-state index contributed by atoms with van der Waals surface area (Å²) in [5.74, 6) is -0.222. The number of methoxy groups -OCH3 is 1. The standard InChI is InChI=1S/C8H14O5/c1-4(9)7(12-2)8-6(11)5(10)3-13-8/h5-8,10-11H,3H2,1-2H3. The van der Waals surface area contributed by atoms with Crippen LogP contribution in [0.5, 0.6) is 0 Å². The first-order valence-corrected chi connectivity index (χ1v) is 4.09. The van der Waals surface area contributed by atoms with Crippen molar-refractivity contribution in [2.75, 3.05) is 13.7 Å². The van der Waals surface area contributed by atoms with Gasteiger partial charge in [-0.05, 0) is 6.92 Å². The van der Waals surface area contributed by atoms with E-state index in [1.807, 2.05) is 0 Å². The molecule has 0 aromatic carbocycles. The Labute approximate surface area is 76.3 Å². The van der Waals surface area contributed by atoms with Gasteiger partial charge in [0.05, 0.1) is 6.61 Å². The van der Waals surface area contributed by atoms with E-state index >= 15 is 0 Å². The van der Waals surface area contributed by atoms with Crippen LogP contribution in [0.2, 0.25) is 0 Å². The van der Waals surface area contributed by atoms with Crippen LogP contribution in [0.1, 0.15) is 6.92 Å². The summed E-state index contributed by atoms with van der Waals surface area (Å²) in [6.07, 6.45) is -3.53. The van der Waals surface area contributed by atoms with Crippen LogP contribution in [0, 0.1) is 0 Å². The van der Waals surface area contributed by atoms with Crippen LogP contribution in [0.3, 0.4) is 0 Å². The molecule has 0 aromatic heterocycles. The first-order valence-electron chi connectivity index (χ1n) is 4.09. The Hall–Kier alpha value is -0.490. The van der Waals surface area contributed by atoms with Gasteiger partial charge in [0.1, 0.15) is 24.4 Å². The Bertz CT molecular complexity index is 193. The van der Waals surface area contributed by atoms with Crippen LogP contribution in [-0.4, -0.2) is 54.1 Å². The van der Waals surface area contributed by atoms with E-state index in [9.17, 15) is 9.90 Å². The molecule has 1 rings (SSSR count). The smallest absolute Gasteiger partial charge is 0.161 e. The topological polar surface area (TPSA) is 76.0 Å². The second-order valence-electron chi connectivity index (χ2n) is 3.12. The molecule has 0 bridgehead atoms. The lowest BCUT2D eigenvalue weighted by Gasteiger charge is -2.21. The van der Waals surface area contributed by atoms with E-state index in [1.54, 1.807) is 0 Å². The SMILES string of the molecule is COC(C(C)=O)C1OCC(O)C1O. The minimum Gasteiger partial charge on any atom is -0.388 e. The molecule has 4 unspecified atom stereocenters. The quantitative estimate of drug-likeness (QED) is 0.579. The van der Waals surface area contributed by atoms with Crippen LogP contribution < -0.4 is 0 Å². The molecule has 1 aliphatic rings. The van der Waals surface area contributed by atoms with Crippen molar-refractivity contribution in [1.29, 1.82) is 0 Å². The summed E-state index contributed by atoms with van der Waals surface area (Å²) >= 11 is 0. The Kier molecular flexibility index (Phi) is 3.38. The highest BCUT2D eigenvalue weighted by molar-refractivity contribution is 5.81. The van der Waals surface area contributed by atoms with Gasteiger partial charge in [-0.1, -0.05) is 0 Å². The predicted octanol–water partition coefficient (Wildman–Crippen LogP) is -1.29. The summed E-state index contributed by atoms with van der Waals surface area (Å²) in [5, 5.41) is 18.6. The lowest BCUT2D eigenvalue weighted by Crippen LogP contribution is -2.43. The molecule has 0 saturated carbocycles. The molecule has 4 atom stereocenters. The molecule has 1 aliphatic heterocycles. The maximum atomic E-state index is 11.0. The van der Waals surface area contributed by atoms with E-state index in [2.05, 4.69) is 0 Å². The zero-order valence-electron chi connectivity index (χ0n) is 7.64. The maximum Gasteiger partial charge on any atom is 0.161 e. The number of carbonyl (C=O) groups excluding carboxylic acids is 1. The summed E-state index contributed by atoms with van der Waals surface area (Å²) < 4.78 is 9.91. The monoisotopic (exact) mass is 190 g/mol. The number of Topliss-reactive ketones (excluding diaryl/α,β-unsaturated/α-hetero) is 1. The second kappa shape index (κ2) is 4.15. The van der Waals surface area contributed by atoms with Gasteiger partial charge >= 0.3 is 0 Å². The average Bonchev–Trinajstić information content (AvgIpc) is 2.37. The molecule has 0 radical (unpaired) electrons. The molecule has 76 valence electrons. The van der Waals surface area contributed by atoms with E-state index < -0.39 is 24.4 Å². The van der Waals surface area contributed by atoms with Gasteiger partial charge in [-0.3, -0.25) is 4.79 Å². The fourth-order valence-corrected chi connectivity index (χ4v) is 1.42. The van der Waals surface area contributed by atoms with Crippen molar-refractivity contribution >= 4 is 5.78 Å². The third-order valence-electron chi connectivity index (χ3n) is 2.14. The van der Waals surface area contributed by atoms with Crippen LogP contribution in [-0.2, 0) is 14.3 Å².